The minimum absolute atomic E-state index is 0.118. The summed E-state index contributed by atoms with van der Waals surface area (Å²) in [4.78, 5) is 0.118. The summed E-state index contributed by atoms with van der Waals surface area (Å²) in [7, 11) is -0.682. The van der Waals surface area contributed by atoms with Crippen LogP contribution in [0, 0.1) is 0 Å². The van der Waals surface area contributed by atoms with E-state index in [-0.39, 0.29) is 18.0 Å². The molecule has 2 aromatic rings. The smallest absolute Gasteiger partial charge is 0.240 e. The first-order chi connectivity index (χ1) is 12.5. The average molecular weight is 377 g/mol. The number of hydrogen-bond acceptors (Lipinski definition) is 5. The molecule has 1 N–H and O–H groups in total. The zero-order valence-corrected chi connectivity index (χ0v) is 15.8. The number of methoxy groups -OCH3 is 2. The third-order valence-corrected chi connectivity index (χ3v) is 5.86. The SMILES string of the molecule is COc1ccc(S(=O)(=O)NCCOc2ccc3c(c2)CCC3)cc1OC. The van der Waals surface area contributed by atoms with Crippen LogP contribution >= 0.6 is 0 Å². The van der Waals surface area contributed by atoms with E-state index in [9.17, 15) is 8.42 Å². The van der Waals surface area contributed by atoms with E-state index in [0.717, 1.165) is 18.6 Å². The van der Waals surface area contributed by atoms with Gasteiger partial charge in [-0.2, -0.15) is 0 Å². The quantitative estimate of drug-likeness (QED) is 0.716. The van der Waals surface area contributed by atoms with Gasteiger partial charge in [0, 0.05) is 12.6 Å². The van der Waals surface area contributed by atoms with Crippen LogP contribution in [-0.2, 0) is 22.9 Å². The fraction of sp³-hybridized carbons (Fsp3) is 0.368. The lowest BCUT2D eigenvalue weighted by atomic mass is 10.1. The zero-order chi connectivity index (χ0) is 18.6. The molecule has 6 nitrogen and oxygen atoms in total. The van der Waals surface area contributed by atoms with Crippen LogP contribution in [0.3, 0.4) is 0 Å². The third-order valence-electron chi connectivity index (χ3n) is 4.40. The van der Waals surface area contributed by atoms with Gasteiger partial charge >= 0.3 is 0 Å². The van der Waals surface area contributed by atoms with E-state index < -0.39 is 10.0 Å². The maximum atomic E-state index is 12.4. The molecule has 1 aliphatic carbocycles. The van der Waals surface area contributed by atoms with Gasteiger partial charge < -0.3 is 14.2 Å². The number of benzene rings is 2. The Kier molecular flexibility index (Phi) is 5.68. The van der Waals surface area contributed by atoms with Gasteiger partial charge in [-0.05, 0) is 54.7 Å². The molecule has 0 aliphatic heterocycles. The van der Waals surface area contributed by atoms with E-state index in [2.05, 4.69) is 10.8 Å². The van der Waals surface area contributed by atoms with E-state index in [4.69, 9.17) is 14.2 Å². The molecule has 0 aromatic heterocycles. The number of ether oxygens (including phenoxy) is 3. The highest BCUT2D eigenvalue weighted by molar-refractivity contribution is 7.89. The highest BCUT2D eigenvalue weighted by Gasteiger charge is 2.17. The van der Waals surface area contributed by atoms with E-state index in [0.29, 0.717) is 11.5 Å². The van der Waals surface area contributed by atoms with Crippen molar-refractivity contribution in [2.45, 2.75) is 24.2 Å². The van der Waals surface area contributed by atoms with Crippen molar-refractivity contribution in [1.29, 1.82) is 0 Å². The second-order valence-electron chi connectivity index (χ2n) is 6.05. The molecule has 0 bridgehead atoms. The van der Waals surface area contributed by atoms with Gasteiger partial charge in [0.15, 0.2) is 11.5 Å². The van der Waals surface area contributed by atoms with Crippen LogP contribution in [0.4, 0.5) is 0 Å². The van der Waals surface area contributed by atoms with Crippen molar-refractivity contribution in [2.24, 2.45) is 0 Å². The summed E-state index contributed by atoms with van der Waals surface area (Å²) >= 11 is 0. The van der Waals surface area contributed by atoms with Crippen LogP contribution in [0.1, 0.15) is 17.5 Å². The van der Waals surface area contributed by atoms with Crippen LogP contribution in [0.2, 0.25) is 0 Å². The first-order valence-electron chi connectivity index (χ1n) is 8.50. The zero-order valence-electron chi connectivity index (χ0n) is 14.9. The summed E-state index contributed by atoms with van der Waals surface area (Å²) in [5.74, 6) is 1.62. The van der Waals surface area contributed by atoms with Crippen molar-refractivity contribution < 1.29 is 22.6 Å². The van der Waals surface area contributed by atoms with Gasteiger partial charge in [0.25, 0.3) is 0 Å². The van der Waals surface area contributed by atoms with E-state index in [1.165, 1.54) is 43.9 Å². The molecule has 7 heteroatoms. The molecule has 0 saturated carbocycles. The molecular formula is C19H23NO5S. The van der Waals surface area contributed by atoms with Gasteiger partial charge in [0.1, 0.15) is 12.4 Å². The van der Waals surface area contributed by atoms with Crippen LogP contribution in [0.15, 0.2) is 41.3 Å². The molecule has 0 amide bonds. The fourth-order valence-electron chi connectivity index (χ4n) is 3.05. The van der Waals surface area contributed by atoms with Crippen molar-refractivity contribution >= 4 is 10.0 Å². The molecule has 0 unspecified atom stereocenters. The molecule has 2 aromatic carbocycles. The maximum Gasteiger partial charge on any atom is 0.240 e. The molecule has 0 spiro atoms. The van der Waals surface area contributed by atoms with E-state index in [1.54, 1.807) is 6.07 Å². The first kappa shape index (κ1) is 18.5. The monoisotopic (exact) mass is 377 g/mol. The second-order valence-corrected chi connectivity index (χ2v) is 7.81. The lowest BCUT2D eigenvalue weighted by Gasteiger charge is -2.12. The number of sulfonamides is 1. The summed E-state index contributed by atoms with van der Waals surface area (Å²) in [5, 5.41) is 0. The normalized spacial score (nSPS) is 13.3. The third kappa shape index (κ3) is 4.11. The molecule has 3 rings (SSSR count). The number of rotatable bonds is 8. The van der Waals surface area contributed by atoms with Crippen LogP contribution in [-0.4, -0.2) is 35.8 Å². The molecule has 26 heavy (non-hydrogen) atoms. The number of aryl methyl sites for hydroxylation is 2. The predicted molar refractivity (Wildman–Crippen MR) is 98.7 cm³/mol. The number of nitrogens with one attached hydrogen (secondary N) is 1. The second kappa shape index (κ2) is 7.97. The van der Waals surface area contributed by atoms with Crippen molar-refractivity contribution in [3.05, 3.63) is 47.5 Å². The van der Waals surface area contributed by atoms with Gasteiger partial charge in [-0.15, -0.1) is 0 Å². The van der Waals surface area contributed by atoms with Gasteiger partial charge in [-0.3, -0.25) is 0 Å². The Balaban J connectivity index is 1.57. The predicted octanol–water partition coefficient (Wildman–Crippen LogP) is 2.55. The molecule has 0 saturated heterocycles. The molecule has 0 radical (unpaired) electrons. The van der Waals surface area contributed by atoms with Gasteiger partial charge in [-0.1, -0.05) is 6.07 Å². The van der Waals surface area contributed by atoms with E-state index >= 15 is 0 Å². The van der Waals surface area contributed by atoms with E-state index in [1.807, 2.05) is 12.1 Å². The highest BCUT2D eigenvalue weighted by atomic mass is 32.2. The Morgan fingerprint density at radius 3 is 2.50 bits per heavy atom. The number of fused-ring (bicyclic) bond motifs is 1. The largest absolute Gasteiger partial charge is 0.493 e. The summed E-state index contributed by atoms with van der Waals surface area (Å²) in [6.07, 6.45) is 3.39. The molecule has 1 aliphatic rings. The molecule has 0 heterocycles. The molecule has 0 atom stereocenters. The summed E-state index contributed by atoms with van der Waals surface area (Å²) < 4.78 is 43.3. The Bertz CT molecular complexity index is 879. The van der Waals surface area contributed by atoms with Crippen molar-refractivity contribution in [3.8, 4) is 17.2 Å². The standard InChI is InChI=1S/C19H23NO5S/c1-23-18-9-8-17(13-19(18)24-2)26(21,22)20-10-11-25-16-7-6-14-4-3-5-15(14)12-16/h6-9,12-13,20H,3-5,10-11H2,1-2H3. The van der Waals surface area contributed by atoms with Gasteiger partial charge in [0.2, 0.25) is 10.0 Å². The van der Waals surface area contributed by atoms with Crippen LogP contribution in [0.25, 0.3) is 0 Å². The summed E-state index contributed by atoms with van der Waals surface area (Å²) in [6.45, 7) is 0.430. The van der Waals surface area contributed by atoms with Gasteiger partial charge in [0.05, 0.1) is 19.1 Å². The lowest BCUT2D eigenvalue weighted by Crippen LogP contribution is -2.28. The maximum absolute atomic E-state index is 12.4. The topological polar surface area (TPSA) is 73.9 Å². The van der Waals surface area contributed by atoms with Crippen molar-refractivity contribution in [2.75, 3.05) is 27.4 Å². The minimum atomic E-state index is -3.65. The Labute approximate surface area is 154 Å². The van der Waals surface area contributed by atoms with Crippen LogP contribution < -0.4 is 18.9 Å². The Morgan fingerprint density at radius 2 is 1.73 bits per heavy atom. The number of hydrogen-bond donors (Lipinski definition) is 1. The summed E-state index contributed by atoms with van der Waals surface area (Å²) in [6, 6.07) is 10.5. The first-order valence-corrected chi connectivity index (χ1v) is 9.98. The Morgan fingerprint density at radius 1 is 0.962 bits per heavy atom. The fourth-order valence-corrected chi connectivity index (χ4v) is 4.08. The molecule has 140 valence electrons. The average Bonchev–Trinajstić information content (AvgIpc) is 3.12. The van der Waals surface area contributed by atoms with Crippen LogP contribution in [0.5, 0.6) is 17.2 Å². The highest BCUT2D eigenvalue weighted by Crippen LogP contribution is 2.29. The Hall–Kier alpha value is -2.25. The molecule has 0 fully saturated rings. The van der Waals surface area contributed by atoms with Crippen molar-refractivity contribution in [3.63, 3.8) is 0 Å². The lowest BCUT2D eigenvalue weighted by molar-refractivity contribution is 0.322. The van der Waals surface area contributed by atoms with Crippen molar-refractivity contribution in [1.82, 2.24) is 4.72 Å². The molecular weight excluding hydrogens is 354 g/mol. The van der Waals surface area contributed by atoms with Gasteiger partial charge in [-0.25, -0.2) is 13.1 Å². The minimum Gasteiger partial charge on any atom is -0.493 e. The summed E-state index contributed by atoms with van der Waals surface area (Å²) in [5.41, 5.74) is 2.71.